The van der Waals surface area contributed by atoms with Gasteiger partial charge in [0.2, 0.25) is 0 Å². The molecule has 13 heteroatoms. The highest BCUT2D eigenvalue weighted by Gasteiger charge is 2.49. The maximum atomic E-state index is 14.7. The summed E-state index contributed by atoms with van der Waals surface area (Å²) in [6, 6.07) is 3.15. The average Bonchev–Trinajstić information content (AvgIpc) is 2.77. The SMILES string of the molecule is COC1=CC2=C(C(Nc3ccc(F)c(C(CS(=O)(=O)C(C)(C)C(N)N)C(F)(F)F)c3)NC=C2)N(C)C1. The molecule has 2 aliphatic rings. The summed E-state index contributed by atoms with van der Waals surface area (Å²) in [5, 5.41) is 6.17. The summed E-state index contributed by atoms with van der Waals surface area (Å²) in [5.74, 6) is -4.46. The molecule has 2 aliphatic heterocycles. The Labute approximate surface area is 207 Å². The van der Waals surface area contributed by atoms with E-state index in [2.05, 4.69) is 10.6 Å². The molecule has 0 amide bonds. The Morgan fingerprint density at radius 3 is 2.53 bits per heavy atom. The maximum absolute atomic E-state index is 14.7. The number of halogens is 4. The Morgan fingerprint density at radius 1 is 1.28 bits per heavy atom. The lowest BCUT2D eigenvalue weighted by Gasteiger charge is -2.37. The minimum Gasteiger partial charge on any atom is -0.499 e. The Morgan fingerprint density at radius 2 is 1.94 bits per heavy atom. The zero-order valence-electron chi connectivity index (χ0n) is 20.4. The number of rotatable bonds is 8. The lowest BCUT2D eigenvalue weighted by Crippen LogP contribution is -2.56. The van der Waals surface area contributed by atoms with Gasteiger partial charge < -0.3 is 31.7 Å². The molecule has 8 nitrogen and oxygen atoms in total. The molecule has 0 saturated heterocycles. The van der Waals surface area contributed by atoms with E-state index in [-0.39, 0.29) is 5.69 Å². The van der Waals surface area contributed by atoms with Crippen molar-refractivity contribution in [3.8, 4) is 0 Å². The van der Waals surface area contributed by atoms with Gasteiger partial charge in [0.05, 0.1) is 41.9 Å². The number of allylic oxidation sites excluding steroid dienone is 3. The second-order valence-corrected chi connectivity index (χ2v) is 11.9. The fraction of sp³-hybridized carbons (Fsp3) is 0.478. The molecule has 36 heavy (non-hydrogen) atoms. The van der Waals surface area contributed by atoms with Crippen molar-refractivity contribution in [1.82, 2.24) is 10.2 Å². The van der Waals surface area contributed by atoms with Crippen LogP contribution in [0.4, 0.5) is 23.2 Å². The van der Waals surface area contributed by atoms with Gasteiger partial charge in [-0.15, -0.1) is 0 Å². The Balaban J connectivity index is 1.97. The van der Waals surface area contributed by atoms with Gasteiger partial charge in [0.25, 0.3) is 0 Å². The molecule has 1 aromatic rings. The van der Waals surface area contributed by atoms with E-state index >= 15 is 0 Å². The molecule has 3 rings (SSSR count). The molecular formula is C23H31F4N5O3S. The molecule has 2 atom stereocenters. The number of nitrogens with one attached hydrogen (secondary N) is 2. The number of benzene rings is 1. The van der Waals surface area contributed by atoms with Crippen LogP contribution in [0.15, 0.2) is 53.6 Å². The third kappa shape index (κ3) is 5.47. The zero-order valence-corrected chi connectivity index (χ0v) is 21.2. The molecule has 1 aromatic carbocycles. The van der Waals surface area contributed by atoms with Crippen molar-refractivity contribution in [1.29, 1.82) is 0 Å². The van der Waals surface area contributed by atoms with Gasteiger partial charge in [-0.05, 0) is 50.4 Å². The first-order valence-electron chi connectivity index (χ1n) is 11.1. The van der Waals surface area contributed by atoms with Crippen LogP contribution in [0.1, 0.15) is 25.3 Å². The summed E-state index contributed by atoms with van der Waals surface area (Å²) in [6.45, 7) is 2.77. The van der Waals surface area contributed by atoms with Crippen molar-refractivity contribution in [3.05, 3.63) is 65.0 Å². The predicted molar refractivity (Wildman–Crippen MR) is 130 cm³/mol. The quantitative estimate of drug-likeness (QED) is 0.297. The van der Waals surface area contributed by atoms with E-state index in [1.807, 2.05) is 24.1 Å². The standard InChI is InChI=1S/C23H31F4N5O3S/c1-22(2,21(28)29)36(33,34)12-17(23(25,26)27)16-10-14(5-6-18(16)24)31-20-19-13(7-8-30-20)9-15(35-4)11-32(19)3/h5-10,17,20-21,30-31H,11-12,28-29H2,1-4H3. The van der Waals surface area contributed by atoms with Gasteiger partial charge in [-0.25, -0.2) is 12.8 Å². The number of hydrogen-bond donors (Lipinski definition) is 4. The van der Waals surface area contributed by atoms with Gasteiger partial charge in [-0.2, -0.15) is 13.2 Å². The Hall–Kier alpha value is -2.77. The van der Waals surface area contributed by atoms with Gasteiger partial charge in [-0.1, -0.05) is 0 Å². The summed E-state index contributed by atoms with van der Waals surface area (Å²) >= 11 is 0. The van der Waals surface area contributed by atoms with E-state index in [4.69, 9.17) is 16.2 Å². The second-order valence-electron chi connectivity index (χ2n) is 9.33. The van der Waals surface area contributed by atoms with E-state index in [1.54, 1.807) is 13.3 Å². The number of dihydropyridines is 1. The van der Waals surface area contributed by atoms with Gasteiger partial charge >= 0.3 is 6.18 Å². The van der Waals surface area contributed by atoms with Crippen molar-refractivity contribution in [2.75, 3.05) is 31.8 Å². The van der Waals surface area contributed by atoms with Gasteiger partial charge in [-0.3, -0.25) is 0 Å². The number of anilines is 1. The van der Waals surface area contributed by atoms with Crippen molar-refractivity contribution in [3.63, 3.8) is 0 Å². The molecule has 0 radical (unpaired) electrons. The summed E-state index contributed by atoms with van der Waals surface area (Å²) < 4.78 is 86.1. The number of sulfone groups is 1. The van der Waals surface area contributed by atoms with Crippen LogP contribution in [-0.2, 0) is 14.6 Å². The fourth-order valence-electron chi connectivity index (χ4n) is 3.97. The lowest BCUT2D eigenvalue weighted by atomic mass is 9.98. The molecule has 2 heterocycles. The van der Waals surface area contributed by atoms with E-state index in [9.17, 15) is 26.0 Å². The molecule has 6 N–H and O–H groups in total. The smallest absolute Gasteiger partial charge is 0.396 e. The molecule has 0 aromatic heterocycles. The highest BCUT2D eigenvalue weighted by molar-refractivity contribution is 7.92. The van der Waals surface area contributed by atoms with Crippen LogP contribution >= 0.6 is 0 Å². The predicted octanol–water partition coefficient (Wildman–Crippen LogP) is 2.49. The maximum Gasteiger partial charge on any atom is 0.396 e. The van der Waals surface area contributed by atoms with Crippen LogP contribution in [0.2, 0.25) is 0 Å². The van der Waals surface area contributed by atoms with Crippen LogP contribution in [0.3, 0.4) is 0 Å². The number of likely N-dealkylation sites (N-methyl/N-ethyl adjacent to an activating group) is 1. The number of alkyl halides is 3. The van der Waals surface area contributed by atoms with Crippen LogP contribution in [0.5, 0.6) is 0 Å². The molecule has 0 aliphatic carbocycles. The van der Waals surface area contributed by atoms with Crippen molar-refractivity contribution in [2.45, 2.75) is 43.0 Å². The minimum absolute atomic E-state index is 0.169. The third-order valence-electron chi connectivity index (χ3n) is 6.55. The number of methoxy groups -OCH3 is 1. The zero-order chi connectivity index (χ0) is 27.1. The minimum atomic E-state index is -5.05. The summed E-state index contributed by atoms with van der Waals surface area (Å²) in [5.41, 5.74) is 12.1. The average molecular weight is 534 g/mol. The van der Waals surface area contributed by atoms with E-state index < -0.39 is 56.1 Å². The van der Waals surface area contributed by atoms with Crippen LogP contribution in [-0.4, -0.2) is 63.0 Å². The van der Waals surface area contributed by atoms with Gasteiger partial charge in [0.1, 0.15) is 17.7 Å². The molecular weight excluding hydrogens is 502 g/mol. The molecule has 200 valence electrons. The Bertz CT molecular complexity index is 1190. The van der Waals surface area contributed by atoms with Crippen molar-refractivity contribution >= 4 is 15.5 Å². The molecule has 0 fully saturated rings. The van der Waals surface area contributed by atoms with Crippen LogP contribution < -0.4 is 22.1 Å². The first-order valence-corrected chi connectivity index (χ1v) is 12.7. The van der Waals surface area contributed by atoms with E-state index in [1.165, 1.54) is 6.07 Å². The Kier molecular flexibility index (Phi) is 7.68. The lowest BCUT2D eigenvalue weighted by molar-refractivity contribution is -0.146. The number of ether oxygens (including phenoxy) is 1. The molecule has 0 bridgehead atoms. The topological polar surface area (TPSA) is 123 Å². The first-order chi connectivity index (χ1) is 16.6. The number of hydrogen-bond acceptors (Lipinski definition) is 8. The second kappa shape index (κ2) is 9.94. The summed E-state index contributed by atoms with van der Waals surface area (Å²) in [6.07, 6.45) is -1.67. The van der Waals surface area contributed by atoms with E-state index in [0.29, 0.717) is 6.54 Å². The van der Waals surface area contributed by atoms with E-state index in [0.717, 1.165) is 43.0 Å². The van der Waals surface area contributed by atoms with Crippen LogP contribution in [0.25, 0.3) is 0 Å². The largest absolute Gasteiger partial charge is 0.499 e. The normalized spacial score (nSPS) is 19.6. The number of nitrogens with two attached hydrogens (primary N) is 2. The molecule has 0 saturated carbocycles. The fourth-order valence-corrected chi connectivity index (χ4v) is 5.62. The highest BCUT2D eigenvalue weighted by Crippen LogP contribution is 2.40. The number of nitrogens with zero attached hydrogens (tertiary/aromatic N) is 1. The molecule has 0 spiro atoms. The summed E-state index contributed by atoms with van der Waals surface area (Å²) in [7, 11) is -1.09. The van der Waals surface area contributed by atoms with Crippen LogP contribution in [0, 0.1) is 5.82 Å². The van der Waals surface area contributed by atoms with Gasteiger partial charge in [0, 0.05) is 23.9 Å². The summed E-state index contributed by atoms with van der Waals surface area (Å²) in [4.78, 5) is 1.91. The monoisotopic (exact) mass is 533 g/mol. The molecule has 2 unspecified atom stereocenters. The first kappa shape index (κ1) is 27.8. The van der Waals surface area contributed by atoms with Crippen molar-refractivity contribution in [2.24, 2.45) is 11.5 Å². The third-order valence-corrected chi connectivity index (χ3v) is 9.19. The van der Waals surface area contributed by atoms with Crippen molar-refractivity contribution < 1.29 is 30.7 Å². The van der Waals surface area contributed by atoms with Gasteiger partial charge in [0.15, 0.2) is 9.84 Å². The highest BCUT2D eigenvalue weighted by atomic mass is 32.2.